The molecular weight excluding hydrogens is 287 g/mol. The highest BCUT2D eigenvalue weighted by Gasteiger charge is 2.15. The first-order valence-corrected chi connectivity index (χ1v) is 6.25. The van der Waals surface area contributed by atoms with Crippen LogP contribution in [0.2, 0.25) is 5.02 Å². The summed E-state index contributed by atoms with van der Waals surface area (Å²) in [6, 6.07) is 4.36. The number of pyridine rings is 2. The van der Waals surface area contributed by atoms with Crippen molar-refractivity contribution < 1.29 is 14.0 Å². The Morgan fingerprint density at radius 2 is 2.20 bits per heavy atom. The van der Waals surface area contributed by atoms with E-state index in [1.807, 2.05) is 0 Å². The second-order valence-electron chi connectivity index (χ2n) is 4.05. The highest BCUT2D eigenvalue weighted by molar-refractivity contribution is 6.33. The van der Waals surface area contributed by atoms with Gasteiger partial charge in [-0.05, 0) is 25.1 Å². The number of ether oxygens (including phenoxy) is 1. The largest absolute Gasteiger partial charge is 0.462 e. The van der Waals surface area contributed by atoms with Crippen molar-refractivity contribution in [3.8, 4) is 0 Å². The van der Waals surface area contributed by atoms with Gasteiger partial charge in [0, 0.05) is 13.2 Å². The number of nitrogens with zero attached hydrogens (tertiary/aromatic N) is 2. The molecule has 0 spiro atoms. The molecule has 0 aliphatic carbocycles. The summed E-state index contributed by atoms with van der Waals surface area (Å²) in [6.45, 7) is 1.81. The van der Waals surface area contributed by atoms with Crippen LogP contribution in [0, 0.1) is 0 Å². The zero-order valence-electron chi connectivity index (χ0n) is 10.9. The number of carbonyl (C=O) groups is 1. The standard InChI is InChI=1S/C13H12ClFN2O3/c1-3-20-13(19)9-5-4-8-6-10(14)11(16(2)15)7-17(8)12(9)18/h4-7H,3H2,1-2H3. The molecule has 2 rings (SSSR count). The van der Waals surface area contributed by atoms with Crippen LogP contribution < -0.4 is 10.7 Å². The number of rotatable bonds is 3. The molecule has 5 nitrogen and oxygen atoms in total. The van der Waals surface area contributed by atoms with E-state index in [1.165, 1.54) is 18.3 Å². The Labute approximate surface area is 119 Å². The minimum atomic E-state index is -0.711. The summed E-state index contributed by atoms with van der Waals surface area (Å²) in [7, 11) is 1.16. The lowest BCUT2D eigenvalue weighted by Gasteiger charge is -2.12. The van der Waals surface area contributed by atoms with Gasteiger partial charge in [0.2, 0.25) is 0 Å². The van der Waals surface area contributed by atoms with E-state index < -0.39 is 11.5 Å². The van der Waals surface area contributed by atoms with Crippen molar-refractivity contribution in [1.82, 2.24) is 4.40 Å². The molecule has 0 bridgehead atoms. The van der Waals surface area contributed by atoms with Crippen LogP contribution in [0.15, 0.2) is 29.2 Å². The zero-order valence-corrected chi connectivity index (χ0v) is 11.6. The molecule has 2 aromatic rings. The first-order valence-electron chi connectivity index (χ1n) is 5.87. The molecule has 0 aliphatic rings. The fourth-order valence-electron chi connectivity index (χ4n) is 1.80. The van der Waals surface area contributed by atoms with E-state index in [9.17, 15) is 14.1 Å². The molecule has 0 fully saturated rings. The van der Waals surface area contributed by atoms with Crippen LogP contribution in [0.4, 0.5) is 10.2 Å². The van der Waals surface area contributed by atoms with Crippen LogP contribution >= 0.6 is 11.6 Å². The number of anilines is 1. The quantitative estimate of drug-likeness (QED) is 0.645. The fourth-order valence-corrected chi connectivity index (χ4v) is 2.07. The Hall–Kier alpha value is -2.08. The van der Waals surface area contributed by atoms with Gasteiger partial charge in [-0.25, -0.2) is 9.92 Å². The number of hydrogen-bond acceptors (Lipinski definition) is 4. The first kappa shape index (κ1) is 14.3. The first-order chi connectivity index (χ1) is 9.45. The summed E-state index contributed by atoms with van der Waals surface area (Å²) in [5, 5.41) is 0.462. The molecule has 0 aliphatic heterocycles. The predicted octanol–water partition coefficient (Wildman–Crippen LogP) is 2.45. The van der Waals surface area contributed by atoms with Crippen LogP contribution in [0.5, 0.6) is 0 Å². The molecular formula is C13H12ClFN2O3. The zero-order chi connectivity index (χ0) is 14.9. The molecule has 0 saturated heterocycles. The van der Waals surface area contributed by atoms with Crippen molar-refractivity contribution in [2.45, 2.75) is 6.92 Å². The number of halogens is 2. The van der Waals surface area contributed by atoms with Crippen LogP contribution in [-0.4, -0.2) is 24.0 Å². The maximum atomic E-state index is 13.3. The summed E-state index contributed by atoms with van der Waals surface area (Å²) in [6.07, 6.45) is 1.24. The average molecular weight is 299 g/mol. The fraction of sp³-hybridized carbons (Fsp3) is 0.231. The Bertz CT molecular complexity index is 727. The van der Waals surface area contributed by atoms with Crippen molar-refractivity contribution >= 4 is 28.8 Å². The van der Waals surface area contributed by atoms with Crippen LogP contribution in [0.1, 0.15) is 17.3 Å². The van der Waals surface area contributed by atoms with E-state index in [0.29, 0.717) is 10.6 Å². The smallest absolute Gasteiger partial charge is 0.343 e. The SMILES string of the molecule is CCOC(=O)c1ccc2cc(Cl)c(N(C)F)cn2c1=O. The highest BCUT2D eigenvalue weighted by Crippen LogP contribution is 2.26. The molecule has 0 radical (unpaired) electrons. The molecule has 0 amide bonds. The van der Waals surface area contributed by atoms with Crippen molar-refractivity contribution in [3.63, 3.8) is 0 Å². The van der Waals surface area contributed by atoms with Gasteiger partial charge in [-0.15, -0.1) is 4.48 Å². The Morgan fingerprint density at radius 1 is 1.50 bits per heavy atom. The van der Waals surface area contributed by atoms with Gasteiger partial charge in [0.25, 0.3) is 5.56 Å². The summed E-state index contributed by atoms with van der Waals surface area (Å²) in [4.78, 5) is 23.9. The van der Waals surface area contributed by atoms with Crippen LogP contribution in [0.3, 0.4) is 0 Å². The summed E-state index contributed by atoms with van der Waals surface area (Å²) >= 11 is 5.91. The van der Waals surface area contributed by atoms with Crippen LogP contribution in [-0.2, 0) is 4.74 Å². The van der Waals surface area contributed by atoms with Gasteiger partial charge in [-0.3, -0.25) is 9.20 Å². The molecule has 20 heavy (non-hydrogen) atoms. The van der Waals surface area contributed by atoms with Gasteiger partial charge in [0.05, 0.1) is 17.1 Å². The predicted molar refractivity (Wildman–Crippen MR) is 74.1 cm³/mol. The lowest BCUT2D eigenvalue weighted by atomic mass is 10.2. The molecule has 7 heteroatoms. The molecule has 106 valence electrons. The maximum Gasteiger partial charge on any atom is 0.343 e. The van der Waals surface area contributed by atoms with Crippen molar-refractivity contribution in [2.75, 3.05) is 18.8 Å². The summed E-state index contributed by atoms with van der Waals surface area (Å²) < 4.78 is 19.2. The van der Waals surface area contributed by atoms with Gasteiger partial charge in [0.1, 0.15) is 11.3 Å². The molecule has 0 saturated carbocycles. The maximum absolute atomic E-state index is 13.3. The van der Waals surface area contributed by atoms with E-state index in [4.69, 9.17) is 16.3 Å². The third-order valence-electron chi connectivity index (χ3n) is 2.75. The number of esters is 1. The second-order valence-corrected chi connectivity index (χ2v) is 4.46. The third-order valence-corrected chi connectivity index (χ3v) is 3.05. The molecule has 0 unspecified atom stereocenters. The molecule has 2 heterocycles. The lowest BCUT2D eigenvalue weighted by Crippen LogP contribution is -2.23. The topological polar surface area (TPSA) is 51.0 Å². The molecule has 0 aromatic carbocycles. The minimum Gasteiger partial charge on any atom is -0.462 e. The number of hydrogen-bond donors (Lipinski definition) is 0. The Balaban J connectivity index is 2.69. The number of fused-ring (bicyclic) bond motifs is 1. The molecule has 0 N–H and O–H groups in total. The highest BCUT2D eigenvalue weighted by atomic mass is 35.5. The Morgan fingerprint density at radius 3 is 2.80 bits per heavy atom. The van der Waals surface area contributed by atoms with Gasteiger partial charge in [0.15, 0.2) is 0 Å². The van der Waals surface area contributed by atoms with E-state index in [1.54, 1.807) is 13.0 Å². The van der Waals surface area contributed by atoms with Crippen LogP contribution in [0.25, 0.3) is 5.52 Å². The monoisotopic (exact) mass is 298 g/mol. The minimum absolute atomic E-state index is 0.0299. The van der Waals surface area contributed by atoms with Gasteiger partial charge < -0.3 is 4.74 Å². The van der Waals surface area contributed by atoms with Gasteiger partial charge in [-0.2, -0.15) is 0 Å². The van der Waals surface area contributed by atoms with E-state index in [2.05, 4.69) is 0 Å². The summed E-state index contributed by atoms with van der Waals surface area (Å²) in [5.41, 5.74) is -0.208. The van der Waals surface area contributed by atoms with Crippen molar-refractivity contribution in [3.05, 3.63) is 45.3 Å². The van der Waals surface area contributed by atoms with E-state index in [0.717, 1.165) is 11.4 Å². The lowest BCUT2D eigenvalue weighted by molar-refractivity contribution is 0.0524. The second kappa shape index (κ2) is 5.50. The normalized spacial score (nSPS) is 10.6. The number of carbonyl (C=O) groups excluding carboxylic acids is 1. The number of aromatic nitrogens is 1. The third kappa shape index (κ3) is 2.46. The van der Waals surface area contributed by atoms with Gasteiger partial charge in [-0.1, -0.05) is 11.6 Å². The molecule has 2 aromatic heterocycles. The van der Waals surface area contributed by atoms with E-state index >= 15 is 0 Å². The van der Waals surface area contributed by atoms with Crippen molar-refractivity contribution in [2.24, 2.45) is 0 Å². The van der Waals surface area contributed by atoms with Crippen molar-refractivity contribution in [1.29, 1.82) is 0 Å². The summed E-state index contributed by atoms with van der Waals surface area (Å²) in [5.74, 6) is -0.711. The molecule has 0 atom stereocenters. The average Bonchev–Trinajstić information content (AvgIpc) is 2.38. The Kier molecular flexibility index (Phi) is 3.94. The van der Waals surface area contributed by atoms with Gasteiger partial charge >= 0.3 is 5.97 Å². The van der Waals surface area contributed by atoms with E-state index in [-0.39, 0.29) is 22.9 Å².